The summed E-state index contributed by atoms with van der Waals surface area (Å²) in [6.07, 6.45) is 0.602. The molecule has 9 heteroatoms. The Hall–Kier alpha value is -4.01. The molecule has 0 spiro atoms. The maximum absolute atomic E-state index is 12.8. The van der Waals surface area contributed by atoms with Gasteiger partial charge in [0.05, 0.1) is 21.1 Å². The topological polar surface area (TPSA) is 120 Å². The number of rotatable bonds is 4. The first kappa shape index (κ1) is 20.3. The van der Waals surface area contributed by atoms with Gasteiger partial charge in [0.15, 0.2) is 0 Å². The Morgan fingerprint density at radius 2 is 1.48 bits per heavy atom. The van der Waals surface area contributed by atoms with E-state index in [1.165, 1.54) is 24.3 Å². The van der Waals surface area contributed by atoms with Crippen molar-refractivity contribution in [1.82, 2.24) is 9.88 Å². The summed E-state index contributed by atoms with van der Waals surface area (Å²) in [4.78, 5) is 34.0. The van der Waals surface area contributed by atoms with Crippen molar-refractivity contribution in [3.8, 4) is 16.9 Å². The number of nitro groups is 2. The molecule has 2 aromatic carbocycles. The van der Waals surface area contributed by atoms with Gasteiger partial charge in [-0.2, -0.15) is 0 Å². The summed E-state index contributed by atoms with van der Waals surface area (Å²) in [7, 11) is 0. The number of nitrogens with zero attached hydrogens (tertiary/aromatic N) is 3. The summed E-state index contributed by atoms with van der Waals surface area (Å²) < 4.78 is 1.91. The molecule has 1 aliphatic rings. The number of fused-ring (bicyclic) bond motifs is 1. The molecule has 0 aliphatic carbocycles. The smallest absolute Gasteiger partial charge is 0.269 e. The Bertz CT molecular complexity index is 1190. The third-order valence-electron chi connectivity index (χ3n) is 5.41. The molecule has 0 radical (unpaired) electrons. The molecule has 2 heterocycles. The van der Waals surface area contributed by atoms with Crippen molar-refractivity contribution in [1.29, 1.82) is 0 Å². The van der Waals surface area contributed by atoms with Crippen molar-refractivity contribution < 1.29 is 14.6 Å². The normalized spacial score (nSPS) is 15.0. The van der Waals surface area contributed by atoms with Crippen LogP contribution in [0.25, 0.3) is 16.9 Å². The average molecular weight is 420 g/mol. The van der Waals surface area contributed by atoms with Gasteiger partial charge in [-0.1, -0.05) is 13.8 Å². The number of nitro benzene ring substituents is 2. The molecule has 1 aliphatic heterocycles. The molecule has 1 aromatic heterocycles. The van der Waals surface area contributed by atoms with E-state index in [0.717, 1.165) is 5.69 Å². The van der Waals surface area contributed by atoms with Gasteiger partial charge in [-0.25, -0.2) is 0 Å². The van der Waals surface area contributed by atoms with Gasteiger partial charge in [-0.3, -0.25) is 25.0 Å². The molecule has 1 amide bonds. The van der Waals surface area contributed by atoms with Crippen LogP contribution in [0.4, 0.5) is 11.4 Å². The summed E-state index contributed by atoms with van der Waals surface area (Å²) >= 11 is 0. The van der Waals surface area contributed by atoms with Gasteiger partial charge in [0, 0.05) is 42.2 Å². The summed E-state index contributed by atoms with van der Waals surface area (Å²) in [5.74, 6) is -0.190. The minimum atomic E-state index is -0.468. The lowest BCUT2D eigenvalue weighted by molar-refractivity contribution is -0.385. The molecule has 31 heavy (non-hydrogen) atoms. The average Bonchev–Trinajstić information content (AvgIpc) is 3.05. The number of hydrogen-bond acceptors (Lipinski definition) is 5. The predicted molar refractivity (Wildman–Crippen MR) is 114 cm³/mol. The fraction of sp³-hybridized carbons (Fsp3) is 0.227. The van der Waals surface area contributed by atoms with Crippen LogP contribution in [0.1, 0.15) is 29.9 Å². The van der Waals surface area contributed by atoms with Crippen LogP contribution < -0.4 is 5.32 Å². The van der Waals surface area contributed by atoms with E-state index >= 15 is 0 Å². The molecular weight excluding hydrogens is 400 g/mol. The van der Waals surface area contributed by atoms with Crippen molar-refractivity contribution in [3.05, 3.63) is 86.1 Å². The van der Waals surface area contributed by atoms with Crippen molar-refractivity contribution in [3.63, 3.8) is 0 Å². The second kappa shape index (κ2) is 7.35. The number of hydrogen-bond donors (Lipinski definition) is 1. The number of non-ortho nitro benzene ring substituents is 2. The van der Waals surface area contributed by atoms with Crippen LogP contribution in [0.2, 0.25) is 0 Å². The SMILES string of the molecule is CC1(C)CNC(=O)c2cc(-c3ccc([N+](=O)[O-])cc3)n(-c3ccc([N+](=O)[O-])cc3)c2C1. The zero-order valence-electron chi connectivity index (χ0n) is 17.0. The van der Waals surface area contributed by atoms with Gasteiger partial charge in [-0.15, -0.1) is 0 Å². The summed E-state index contributed by atoms with van der Waals surface area (Å²) in [5, 5.41) is 25.1. The first-order valence-corrected chi connectivity index (χ1v) is 9.69. The molecular formula is C22H20N4O5. The Morgan fingerprint density at radius 1 is 0.935 bits per heavy atom. The van der Waals surface area contributed by atoms with E-state index in [9.17, 15) is 25.0 Å². The Morgan fingerprint density at radius 3 is 2.03 bits per heavy atom. The van der Waals surface area contributed by atoms with E-state index < -0.39 is 9.85 Å². The Kier molecular flexibility index (Phi) is 4.81. The highest BCUT2D eigenvalue weighted by Gasteiger charge is 2.32. The largest absolute Gasteiger partial charge is 0.351 e. The van der Waals surface area contributed by atoms with E-state index in [0.29, 0.717) is 35.5 Å². The molecule has 3 aromatic rings. The monoisotopic (exact) mass is 420 g/mol. The lowest BCUT2D eigenvalue weighted by atomic mass is 9.88. The highest BCUT2D eigenvalue weighted by Crippen LogP contribution is 2.36. The number of amides is 1. The molecule has 1 N–H and O–H groups in total. The van der Waals surface area contributed by atoms with Gasteiger partial charge in [-0.05, 0) is 47.7 Å². The van der Waals surface area contributed by atoms with Crippen LogP contribution in [0, 0.1) is 25.6 Å². The Balaban J connectivity index is 1.94. The highest BCUT2D eigenvalue weighted by molar-refractivity contribution is 5.98. The fourth-order valence-corrected chi connectivity index (χ4v) is 3.84. The lowest BCUT2D eigenvalue weighted by Gasteiger charge is -2.24. The number of aromatic nitrogens is 1. The second-order valence-electron chi connectivity index (χ2n) is 8.33. The Labute approximate surface area is 177 Å². The first-order valence-electron chi connectivity index (χ1n) is 9.69. The minimum absolute atomic E-state index is 0.0300. The zero-order chi connectivity index (χ0) is 22.3. The van der Waals surface area contributed by atoms with Gasteiger partial charge in [0.25, 0.3) is 17.3 Å². The predicted octanol–water partition coefficient (Wildman–Crippen LogP) is 4.27. The van der Waals surface area contributed by atoms with Gasteiger partial charge in [0.1, 0.15) is 0 Å². The number of carbonyl (C=O) groups is 1. The van der Waals surface area contributed by atoms with Gasteiger partial charge in [0.2, 0.25) is 0 Å². The van der Waals surface area contributed by atoms with Gasteiger partial charge < -0.3 is 9.88 Å². The van der Waals surface area contributed by atoms with Gasteiger partial charge >= 0.3 is 0 Å². The number of nitrogens with one attached hydrogen (secondary N) is 1. The molecule has 0 bridgehead atoms. The first-order chi connectivity index (χ1) is 14.7. The van der Waals surface area contributed by atoms with Crippen LogP contribution in [0.5, 0.6) is 0 Å². The molecule has 0 saturated carbocycles. The van der Waals surface area contributed by atoms with Crippen LogP contribution in [0.15, 0.2) is 54.6 Å². The summed E-state index contributed by atoms with van der Waals surface area (Å²) in [6.45, 7) is 4.63. The van der Waals surface area contributed by atoms with Crippen molar-refractivity contribution in [2.45, 2.75) is 20.3 Å². The second-order valence-corrected chi connectivity index (χ2v) is 8.33. The van der Waals surface area contributed by atoms with Crippen LogP contribution in [0.3, 0.4) is 0 Å². The van der Waals surface area contributed by atoms with Crippen molar-refractivity contribution in [2.75, 3.05) is 6.54 Å². The third kappa shape index (κ3) is 3.77. The van der Waals surface area contributed by atoms with E-state index in [1.807, 2.05) is 4.57 Å². The van der Waals surface area contributed by atoms with Crippen LogP contribution in [-0.4, -0.2) is 26.9 Å². The maximum Gasteiger partial charge on any atom is 0.269 e. The standard InChI is InChI=1S/C22H20N4O5/c1-22(2)12-20-18(21(27)23-13-22)11-19(14-3-5-16(6-4-14)25(28)29)24(20)15-7-9-17(10-8-15)26(30)31/h3-11H,12-13H2,1-2H3,(H,23,27). The quantitative estimate of drug-likeness (QED) is 0.499. The molecule has 0 atom stereocenters. The van der Waals surface area contributed by atoms with E-state index in [-0.39, 0.29) is 22.7 Å². The molecule has 0 fully saturated rings. The van der Waals surface area contributed by atoms with Crippen molar-refractivity contribution >= 4 is 17.3 Å². The maximum atomic E-state index is 12.8. The van der Waals surface area contributed by atoms with Crippen LogP contribution in [-0.2, 0) is 6.42 Å². The molecule has 9 nitrogen and oxygen atoms in total. The molecule has 0 saturated heterocycles. The fourth-order valence-electron chi connectivity index (χ4n) is 3.84. The number of carbonyl (C=O) groups excluding carboxylic acids is 1. The van der Waals surface area contributed by atoms with E-state index in [1.54, 1.807) is 30.3 Å². The van der Waals surface area contributed by atoms with Crippen molar-refractivity contribution in [2.24, 2.45) is 5.41 Å². The summed E-state index contributed by atoms with van der Waals surface area (Å²) in [5.41, 5.74) is 3.11. The minimum Gasteiger partial charge on any atom is -0.351 e. The molecule has 158 valence electrons. The highest BCUT2D eigenvalue weighted by atomic mass is 16.6. The third-order valence-corrected chi connectivity index (χ3v) is 5.41. The molecule has 0 unspecified atom stereocenters. The molecule has 4 rings (SSSR count). The lowest BCUT2D eigenvalue weighted by Crippen LogP contribution is -2.31. The van der Waals surface area contributed by atoms with E-state index in [2.05, 4.69) is 19.2 Å². The van der Waals surface area contributed by atoms with E-state index in [4.69, 9.17) is 0 Å². The van der Waals surface area contributed by atoms with Crippen LogP contribution >= 0.6 is 0 Å². The number of benzene rings is 2. The zero-order valence-corrected chi connectivity index (χ0v) is 17.0. The summed E-state index contributed by atoms with van der Waals surface area (Å²) in [6, 6.07) is 14.0.